The molecule has 9 heteroatoms. The summed E-state index contributed by atoms with van der Waals surface area (Å²) in [6, 6.07) is 7.43. The van der Waals surface area contributed by atoms with E-state index in [1.165, 1.54) is 18.2 Å². The lowest BCUT2D eigenvalue weighted by molar-refractivity contribution is -0.386. The average molecular weight is 310 g/mol. The summed E-state index contributed by atoms with van der Waals surface area (Å²) in [5, 5.41) is 21.9. The van der Waals surface area contributed by atoms with Crippen molar-refractivity contribution in [2.75, 3.05) is 5.73 Å². The maximum Gasteiger partial charge on any atom is 0.313 e. The second kappa shape index (κ2) is 5.63. The van der Waals surface area contributed by atoms with E-state index in [0.717, 1.165) is 18.2 Å². The minimum atomic E-state index is -0.665. The molecule has 2 aromatic carbocycles. The molecule has 2 N–H and O–H groups in total. The van der Waals surface area contributed by atoms with Crippen LogP contribution in [0.25, 0.3) is 0 Å². The van der Waals surface area contributed by atoms with E-state index in [4.69, 9.17) is 22.1 Å². The first-order chi connectivity index (χ1) is 9.86. The lowest BCUT2D eigenvalue weighted by atomic mass is 10.2. The highest BCUT2D eigenvalue weighted by atomic mass is 35.5. The van der Waals surface area contributed by atoms with Gasteiger partial charge in [0.1, 0.15) is 5.75 Å². The third-order valence-corrected chi connectivity index (χ3v) is 2.71. The fourth-order valence-electron chi connectivity index (χ4n) is 1.62. The largest absolute Gasteiger partial charge is 0.450 e. The van der Waals surface area contributed by atoms with Gasteiger partial charge in [-0.2, -0.15) is 0 Å². The Labute approximate surface area is 123 Å². The molecule has 0 saturated carbocycles. The standard InChI is InChI=1S/C12H8ClN3O5/c13-7-1-2-12(11(3-7)16(19)20)21-10-5-8(14)4-9(6-10)15(17)18/h1-6H,14H2. The van der Waals surface area contributed by atoms with Crippen molar-refractivity contribution in [2.24, 2.45) is 0 Å². The Morgan fingerprint density at radius 1 is 1.05 bits per heavy atom. The molecule has 0 amide bonds. The van der Waals surface area contributed by atoms with Gasteiger partial charge in [-0.1, -0.05) is 11.6 Å². The van der Waals surface area contributed by atoms with Crippen LogP contribution in [0.1, 0.15) is 0 Å². The van der Waals surface area contributed by atoms with Crippen molar-refractivity contribution >= 4 is 28.7 Å². The third-order valence-electron chi connectivity index (χ3n) is 2.47. The van der Waals surface area contributed by atoms with Gasteiger partial charge in [0.15, 0.2) is 0 Å². The van der Waals surface area contributed by atoms with Crippen LogP contribution in [0.15, 0.2) is 36.4 Å². The Kier molecular flexibility index (Phi) is 3.90. The van der Waals surface area contributed by atoms with Crippen molar-refractivity contribution in [3.63, 3.8) is 0 Å². The molecule has 2 aromatic rings. The number of nitro groups is 2. The SMILES string of the molecule is Nc1cc(Oc2ccc(Cl)cc2[N+](=O)[O-])cc([N+](=O)[O-])c1. The first-order valence-corrected chi connectivity index (χ1v) is 5.91. The average Bonchev–Trinajstić information content (AvgIpc) is 2.40. The summed E-state index contributed by atoms with van der Waals surface area (Å²) in [5.74, 6) is -0.0728. The molecule has 0 atom stereocenters. The minimum Gasteiger partial charge on any atom is -0.450 e. The molecule has 0 aromatic heterocycles. The number of ether oxygens (including phenoxy) is 1. The molecule has 2 rings (SSSR count). The number of non-ortho nitro benzene ring substituents is 1. The lowest BCUT2D eigenvalue weighted by Crippen LogP contribution is -1.96. The van der Waals surface area contributed by atoms with Gasteiger partial charge in [0.25, 0.3) is 5.69 Å². The molecule has 8 nitrogen and oxygen atoms in total. The second-order valence-electron chi connectivity index (χ2n) is 3.99. The highest BCUT2D eigenvalue weighted by Gasteiger charge is 2.18. The van der Waals surface area contributed by atoms with E-state index in [9.17, 15) is 20.2 Å². The molecule has 0 saturated heterocycles. The summed E-state index contributed by atoms with van der Waals surface area (Å²) >= 11 is 5.69. The van der Waals surface area contributed by atoms with Gasteiger partial charge in [0.2, 0.25) is 5.75 Å². The van der Waals surface area contributed by atoms with E-state index >= 15 is 0 Å². The van der Waals surface area contributed by atoms with Crippen LogP contribution in [0.5, 0.6) is 11.5 Å². The Bertz CT molecular complexity index is 735. The highest BCUT2D eigenvalue weighted by molar-refractivity contribution is 6.30. The number of rotatable bonds is 4. The topological polar surface area (TPSA) is 122 Å². The van der Waals surface area contributed by atoms with E-state index in [0.29, 0.717) is 0 Å². The van der Waals surface area contributed by atoms with Gasteiger partial charge in [0, 0.05) is 28.9 Å². The number of nitrogen functional groups attached to an aromatic ring is 1. The first kappa shape index (κ1) is 14.5. The van der Waals surface area contributed by atoms with E-state index in [1.807, 2.05) is 0 Å². The predicted octanol–water partition coefficient (Wildman–Crippen LogP) is 3.53. The van der Waals surface area contributed by atoms with E-state index in [-0.39, 0.29) is 33.6 Å². The second-order valence-corrected chi connectivity index (χ2v) is 4.43. The Hall–Kier alpha value is -2.87. The number of nitrogens with zero attached hydrogens (tertiary/aromatic N) is 2. The smallest absolute Gasteiger partial charge is 0.313 e. The van der Waals surface area contributed by atoms with E-state index in [1.54, 1.807) is 0 Å². The zero-order chi connectivity index (χ0) is 15.6. The van der Waals surface area contributed by atoms with Crippen LogP contribution < -0.4 is 10.5 Å². The molecule has 0 radical (unpaired) electrons. The predicted molar refractivity (Wildman–Crippen MR) is 75.7 cm³/mol. The molecule has 0 bridgehead atoms. The van der Waals surface area contributed by atoms with Crippen molar-refractivity contribution in [3.8, 4) is 11.5 Å². The number of nitro benzene ring substituents is 2. The summed E-state index contributed by atoms with van der Waals surface area (Å²) in [6.45, 7) is 0. The number of nitrogens with two attached hydrogens (primary N) is 1. The number of hydrogen-bond donors (Lipinski definition) is 1. The zero-order valence-corrected chi connectivity index (χ0v) is 11.1. The van der Waals surface area contributed by atoms with Crippen LogP contribution in [0.3, 0.4) is 0 Å². The molecule has 0 aliphatic heterocycles. The fraction of sp³-hybridized carbons (Fsp3) is 0. The summed E-state index contributed by atoms with van der Waals surface area (Å²) < 4.78 is 5.31. The summed E-state index contributed by atoms with van der Waals surface area (Å²) in [5.41, 5.74) is 5.01. The number of halogens is 1. The van der Waals surface area contributed by atoms with Crippen molar-refractivity contribution in [1.82, 2.24) is 0 Å². The highest BCUT2D eigenvalue weighted by Crippen LogP contribution is 2.35. The molecule has 0 aliphatic rings. The van der Waals surface area contributed by atoms with Crippen LogP contribution in [-0.2, 0) is 0 Å². The molecule has 21 heavy (non-hydrogen) atoms. The van der Waals surface area contributed by atoms with Gasteiger partial charge < -0.3 is 10.5 Å². The van der Waals surface area contributed by atoms with Crippen LogP contribution in [0.2, 0.25) is 5.02 Å². The van der Waals surface area contributed by atoms with Gasteiger partial charge >= 0.3 is 5.69 Å². The molecule has 0 fully saturated rings. The van der Waals surface area contributed by atoms with Crippen molar-refractivity contribution < 1.29 is 14.6 Å². The zero-order valence-electron chi connectivity index (χ0n) is 10.4. The van der Waals surface area contributed by atoms with Crippen LogP contribution in [-0.4, -0.2) is 9.85 Å². The molecule has 0 aliphatic carbocycles. The van der Waals surface area contributed by atoms with Crippen molar-refractivity contribution in [1.29, 1.82) is 0 Å². The monoisotopic (exact) mass is 309 g/mol. The molecular weight excluding hydrogens is 302 g/mol. The van der Waals surface area contributed by atoms with Crippen molar-refractivity contribution in [2.45, 2.75) is 0 Å². The van der Waals surface area contributed by atoms with E-state index < -0.39 is 9.85 Å². The Balaban J connectivity index is 2.43. The maximum absolute atomic E-state index is 10.9. The number of benzene rings is 2. The Morgan fingerprint density at radius 3 is 2.38 bits per heavy atom. The van der Waals surface area contributed by atoms with Crippen LogP contribution in [0.4, 0.5) is 17.1 Å². The molecule has 0 heterocycles. The van der Waals surface area contributed by atoms with Crippen molar-refractivity contribution in [3.05, 3.63) is 61.6 Å². The molecule has 108 valence electrons. The first-order valence-electron chi connectivity index (χ1n) is 5.53. The Morgan fingerprint density at radius 2 is 1.76 bits per heavy atom. The number of hydrogen-bond acceptors (Lipinski definition) is 6. The van der Waals surface area contributed by atoms with E-state index in [2.05, 4.69) is 0 Å². The molecular formula is C12H8ClN3O5. The van der Waals surface area contributed by atoms with Crippen LogP contribution >= 0.6 is 11.6 Å². The van der Waals surface area contributed by atoms with Gasteiger partial charge in [-0.15, -0.1) is 0 Å². The minimum absolute atomic E-state index is 0.0205. The van der Waals surface area contributed by atoms with Gasteiger partial charge in [0.05, 0.1) is 15.9 Å². The summed E-state index contributed by atoms with van der Waals surface area (Å²) in [7, 11) is 0. The van der Waals surface area contributed by atoms with Gasteiger partial charge in [-0.05, 0) is 12.1 Å². The van der Waals surface area contributed by atoms with Crippen LogP contribution in [0, 0.1) is 20.2 Å². The quantitative estimate of drug-likeness (QED) is 0.523. The molecule has 0 unspecified atom stereocenters. The lowest BCUT2D eigenvalue weighted by Gasteiger charge is -2.07. The third kappa shape index (κ3) is 3.37. The normalized spacial score (nSPS) is 10.1. The number of anilines is 1. The summed E-state index contributed by atoms with van der Waals surface area (Å²) in [4.78, 5) is 20.4. The fourth-order valence-corrected chi connectivity index (χ4v) is 1.78. The molecule has 0 spiro atoms. The van der Waals surface area contributed by atoms with Gasteiger partial charge in [-0.25, -0.2) is 0 Å². The maximum atomic E-state index is 10.9. The summed E-state index contributed by atoms with van der Waals surface area (Å²) in [6.07, 6.45) is 0. The van der Waals surface area contributed by atoms with Gasteiger partial charge in [-0.3, -0.25) is 20.2 Å².